The van der Waals surface area contributed by atoms with E-state index in [-0.39, 0.29) is 17.5 Å². The standard InChI is InChI=1S/C11H9F3N4/c1-5-4-16-11(15)18-10(5)17-7-3-2-6(12)8(13)9(7)14/h2-4H,1H3,(H3,15,16,17,18). The molecule has 7 heteroatoms. The Morgan fingerprint density at radius 3 is 2.61 bits per heavy atom. The summed E-state index contributed by atoms with van der Waals surface area (Å²) in [5.41, 5.74) is 5.75. The summed E-state index contributed by atoms with van der Waals surface area (Å²) in [5, 5.41) is 2.54. The van der Waals surface area contributed by atoms with Gasteiger partial charge in [0.05, 0.1) is 5.69 Å². The van der Waals surface area contributed by atoms with Crippen LogP contribution in [0.15, 0.2) is 18.3 Å². The van der Waals surface area contributed by atoms with Gasteiger partial charge in [0.25, 0.3) is 0 Å². The molecule has 0 saturated heterocycles. The maximum atomic E-state index is 13.4. The fraction of sp³-hybridized carbons (Fsp3) is 0.0909. The number of anilines is 3. The summed E-state index contributed by atoms with van der Waals surface area (Å²) in [5.74, 6) is -3.89. The van der Waals surface area contributed by atoms with E-state index in [1.165, 1.54) is 6.20 Å². The lowest BCUT2D eigenvalue weighted by Gasteiger charge is -2.10. The number of benzene rings is 1. The fourth-order valence-electron chi connectivity index (χ4n) is 1.33. The van der Waals surface area contributed by atoms with E-state index in [0.29, 0.717) is 5.56 Å². The number of rotatable bonds is 2. The van der Waals surface area contributed by atoms with E-state index < -0.39 is 17.5 Å². The van der Waals surface area contributed by atoms with Gasteiger partial charge in [0.2, 0.25) is 5.95 Å². The van der Waals surface area contributed by atoms with Crippen molar-refractivity contribution in [3.63, 3.8) is 0 Å². The molecular weight excluding hydrogens is 245 g/mol. The van der Waals surface area contributed by atoms with Gasteiger partial charge in [0.15, 0.2) is 17.5 Å². The first-order valence-electron chi connectivity index (χ1n) is 4.98. The molecule has 0 atom stereocenters. The van der Waals surface area contributed by atoms with E-state index in [2.05, 4.69) is 15.3 Å². The van der Waals surface area contributed by atoms with Gasteiger partial charge in [-0.25, -0.2) is 18.2 Å². The van der Waals surface area contributed by atoms with Crippen molar-refractivity contribution in [2.24, 2.45) is 0 Å². The fourth-order valence-corrected chi connectivity index (χ4v) is 1.33. The Morgan fingerprint density at radius 2 is 1.89 bits per heavy atom. The lowest BCUT2D eigenvalue weighted by Crippen LogP contribution is -2.04. The molecule has 0 bridgehead atoms. The van der Waals surface area contributed by atoms with Crippen molar-refractivity contribution in [2.45, 2.75) is 6.92 Å². The highest BCUT2D eigenvalue weighted by Crippen LogP contribution is 2.24. The number of nitrogen functional groups attached to an aromatic ring is 1. The minimum absolute atomic E-state index is 0.00825. The lowest BCUT2D eigenvalue weighted by atomic mass is 10.2. The van der Waals surface area contributed by atoms with E-state index in [1.54, 1.807) is 6.92 Å². The number of halogens is 3. The van der Waals surface area contributed by atoms with Gasteiger partial charge < -0.3 is 11.1 Å². The van der Waals surface area contributed by atoms with Crippen molar-refractivity contribution in [2.75, 3.05) is 11.1 Å². The summed E-state index contributed by atoms with van der Waals surface area (Å²) in [6.07, 6.45) is 1.43. The summed E-state index contributed by atoms with van der Waals surface area (Å²) >= 11 is 0. The van der Waals surface area contributed by atoms with Crippen molar-refractivity contribution >= 4 is 17.5 Å². The first-order chi connectivity index (χ1) is 8.49. The number of aryl methyl sites for hydroxylation is 1. The molecule has 1 aromatic carbocycles. The predicted octanol–water partition coefficient (Wildman–Crippen LogP) is 2.53. The van der Waals surface area contributed by atoms with Crippen LogP contribution in [0.2, 0.25) is 0 Å². The molecule has 4 nitrogen and oxygen atoms in total. The smallest absolute Gasteiger partial charge is 0.221 e. The zero-order valence-electron chi connectivity index (χ0n) is 9.34. The normalized spacial score (nSPS) is 10.4. The van der Waals surface area contributed by atoms with Crippen LogP contribution in [0.5, 0.6) is 0 Å². The summed E-state index contributed by atoms with van der Waals surface area (Å²) in [4.78, 5) is 7.57. The Kier molecular flexibility index (Phi) is 3.05. The Labute approximate surface area is 101 Å². The zero-order valence-corrected chi connectivity index (χ0v) is 9.34. The maximum Gasteiger partial charge on any atom is 0.221 e. The summed E-state index contributed by atoms with van der Waals surface area (Å²) in [6, 6.07) is 1.89. The molecule has 0 aliphatic carbocycles. The van der Waals surface area contributed by atoms with Crippen molar-refractivity contribution in [3.8, 4) is 0 Å². The topological polar surface area (TPSA) is 63.8 Å². The number of aromatic nitrogens is 2. The van der Waals surface area contributed by atoms with Crippen LogP contribution in [-0.2, 0) is 0 Å². The molecule has 0 saturated carbocycles. The Morgan fingerprint density at radius 1 is 1.17 bits per heavy atom. The minimum atomic E-state index is -1.54. The molecule has 1 aromatic heterocycles. The van der Waals surface area contributed by atoms with Crippen molar-refractivity contribution in [1.29, 1.82) is 0 Å². The molecule has 0 fully saturated rings. The van der Waals surface area contributed by atoms with Crippen LogP contribution in [0.4, 0.5) is 30.6 Å². The lowest BCUT2D eigenvalue weighted by molar-refractivity contribution is 0.449. The van der Waals surface area contributed by atoms with Crippen LogP contribution >= 0.6 is 0 Å². The third-order valence-electron chi connectivity index (χ3n) is 2.28. The first-order valence-corrected chi connectivity index (χ1v) is 4.98. The first kappa shape index (κ1) is 12.2. The van der Waals surface area contributed by atoms with Crippen LogP contribution in [0.1, 0.15) is 5.56 Å². The molecule has 94 valence electrons. The van der Waals surface area contributed by atoms with Crippen LogP contribution in [0, 0.1) is 24.4 Å². The number of nitrogens with zero attached hydrogens (tertiary/aromatic N) is 2. The average molecular weight is 254 g/mol. The van der Waals surface area contributed by atoms with E-state index in [4.69, 9.17) is 5.73 Å². The monoisotopic (exact) mass is 254 g/mol. The number of hydrogen-bond donors (Lipinski definition) is 2. The van der Waals surface area contributed by atoms with Crippen molar-refractivity contribution in [3.05, 3.63) is 41.3 Å². The summed E-state index contributed by atoms with van der Waals surface area (Å²) < 4.78 is 39.2. The molecule has 0 amide bonds. The maximum absolute atomic E-state index is 13.4. The van der Waals surface area contributed by atoms with Crippen molar-refractivity contribution in [1.82, 2.24) is 9.97 Å². The van der Waals surface area contributed by atoms with E-state index in [0.717, 1.165) is 12.1 Å². The minimum Gasteiger partial charge on any atom is -0.368 e. The van der Waals surface area contributed by atoms with Crippen LogP contribution in [-0.4, -0.2) is 9.97 Å². The molecule has 0 aliphatic rings. The van der Waals surface area contributed by atoms with Crippen LogP contribution in [0.3, 0.4) is 0 Å². The molecule has 1 heterocycles. The zero-order chi connectivity index (χ0) is 13.3. The van der Waals surface area contributed by atoms with Gasteiger partial charge in [-0.15, -0.1) is 0 Å². The Hall–Kier alpha value is -2.31. The quantitative estimate of drug-likeness (QED) is 0.808. The SMILES string of the molecule is Cc1cnc(N)nc1Nc1ccc(F)c(F)c1F. The molecule has 18 heavy (non-hydrogen) atoms. The third kappa shape index (κ3) is 2.20. The average Bonchev–Trinajstić information content (AvgIpc) is 2.34. The van der Waals surface area contributed by atoms with E-state index >= 15 is 0 Å². The van der Waals surface area contributed by atoms with Crippen molar-refractivity contribution < 1.29 is 13.2 Å². The molecule has 3 N–H and O–H groups in total. The molecule has 0 unspecified atom stereocenters. The molecule has 0 radical (unpaired) electrons. The molecule has 2 rings (SSSR count). The highest BCUT2D eigenvalue weighted by atomic mass is 19.2. The highest BCUT2D eigenvalue weighted by Gasteiger charge is 2.14. The molecular formula is C11H9F3N4. The molecule has 0 aliphatic heterocycles. The summed E-state index contributed by atoms with van der Waals surface area (Å²) in [6.45, 7) is 1.67. The van der Waals surface area contributed by atoms with Gasteiger partial charge >= 0.3 is 0 Å². The van der Waals surface area contributed by atoms with E-state index in [9.17, 15) is 13.2 Å². The number of nitrogens with two attached hydrogens (primary N) is 1. The molecule has 2 aromatic rings. The number of nitrogens with one attached hydrogen (secondary N) is 1. The largest absolute Gasteiger partial charge is 0.368 e. The third-order valence-corrected chi connectivity index (χ3v) is 2.28. The molecule has 0 spiro atoms. The van der Waals surface area contributed by atoms with E-state index in [1.807, 2.05) is 0 Å². The Balaban J connectivity index is 2.40. The van der Waals surface area contributed by atoms with Gasteiger partial charge in [-0.2, -0.15) is 4.98 Å². The van der Waals surface area contributed by atoms with Gasteiger partial charge in [-0.05, 0) is 19.1 Å². The second-order valence-electron chi connectivity index (χ2n) is 3.61. The van der Waals surface area contributed by atoms with Crippen LogP contribution < -0.4 is 11.1 Å². The van der Waals surface area contributed by atoms with Gasteiger partial charge in [0.1, 0.15) is 5.82 Å². The van der Waals surface area contributed by atoms with Gasteiger partial charge in [-0.3, -0.25) is 0 Å². The van der Waals surface area contributed by atoms with Gasteiger partial charge in [0, 0.05) is 11.8 Å². The highest BCUT2D eigenvalue weighted by molar-refractivity contribution is 5.60. The number of hydrogen-bond acceptors (Lipinski definition) is 4. The summed E-state index contributed by atoms with van der Waals surface area (Å²) in [7, 11) is 0. The second kappa shape index (κ2) is 4.52. The Bertz CT molecular complexity index is 601. The van der Waals surface area contributed by atoms with Gasteiger partial charge in [-0.1, -0.05) is 0 Å². The van der Waals surface area contributed by atoms with Crippen LogP contribution in [0.25, 0.3) is 0 Å². The predicted molar refractivity (Wildman–Crippen MR) is 60.8 cm³/mol. The second-order valence-corrected chi connectivity index (χ2v) is 3.61.